The van der Waals surface area contributed by atoms with Crippen LogP contribution in [0.2, 0.25) is 0 Å². The number of carbonyl (C=O) groups excluding carboxylic acids is 2. The molecule has 2 aliphatic heterocycles. The molecule has 188 valence electrons. The summed E-state index contributed by atoms with van der Waals surface area (Å²) in [5, 5.41) is 0. The van der Waals surface area contributed by atoms with E-state index in [0.29, 0.717) is 37.4 Å². The van der Waals surface area contributed by atoms with E-state index in [2.05, 4.69) is 17.0 Å². The highest BCUT2D eigenvalue weighted by Crippen LogP contribution is 2.44. The number of primary amides is 1. The molecule has 3 atom stereocenters. The second-order valence-electron chi connectivity index (χ2n) is 10.2. The molecule has 0 bridgehead atoms. The lowest BCUT2D eigenvalue weighted by atomic mass is 9.88. The number of hydrogen-bond acceptors (Lipinski definition) is 5. The molecule has 1 spiro atoms. The molecular formula is C30H28FN3O3. The highest BCUT2D eigenvalue weighted by Gasteiger charge is 2.49. The third kappa shape index (κ3) is 4.18. The number of benzene rings is 3. The van der Waals surface area contributed by atoms with E-state index in [1.165, 1.54) is 17.7 Å². The molecule has 0 saturated heterocycles. The van der Waals surface area contributed by atoms with Gasteiger partial charge in [-0.25, -0.2) is 9.38 Å². The number of nitrogens with zero attached hydrogens (tertiary/aromatic N) is 2. The van der Waals surface area contributed by atoms with Crippen LogP contribution in [0, 0.1) is 11.7 Å². The molecule has 1 saturated carbocycles. The quantitative estimate of drug-likeness (QED) is 0.531. The first-order valence-corrected chi connectivity index (χ1v) is 12.7. The van der Waals surface area contributed by atoms with Crippen LogP contribution in [0.1, 0.15) is 62.7 Å². The fourth-order valence-electron chi connectivity index (χ4n) is 6.08. The van der Waals surface area contributed by atoms with Crippen LogP contribution in [0.4, 0.5) is 4.39 Å². The van der Waals surface area contributed by atoms with Crippen LogP contribution >= 0.6 is 0 Å². The summed E-state index contributed by atoms with van der Waals surface area (Å²) >= 11 is 0. The number of nitrogens with two attached hydrogens (primary N) is 1. The molecular weight excluding hydrogens is 469 g/mol. The Morgan fingerprint density at radius 2 is 1.73 bits per heavy atom. The van der Waals surface area contributed by atoms with E-state index in [1.54, 1.807) is 24.3 Å². The van der Waals surface area contributed by atoms with Gasteiger partial charge >= 0.3 is 0 Å². The van der Waals surface area contributed by atoms with Crippen LogP contribution < -0.4 is 5.73 Å². The number of amidine groups is 1. The van der Waals surface area contributed by atoms with Gasteiger partial charge in [-0.2, -0.15) is 0 Å². The molecule has 1 fully saturated rings. The van der Waals surface area contributed by atoms with Crippen molar-refractivity contribution in [1.82, 2.24) is 4.90 Å². The number of ketones is 1. The van der Waals surface area contributed by atoms with Gasteiger partial charge in [-0.3, -0.25) is 9.59 Å². The van der Waals surface area contributed by atoms with Gasteiger partial charge in [-0.1, -0.05) is 54.6 Å². The van der Waals surface area contributed by atoms with Crippen molar-refractivity contribution in [3.05, 3.63) is 106 Å². The van der Waals surface area contributed by atoms with Gasteiger partial charge < -0.3 is 15.4 Å². The zero-order chi connectivity index (χ0) is 25.6. The second-order valence-corrected chi connectivity index (χ2v) is 10.2. The zero-order valence-electron chi connectivity index (χ0n) is 20.4. The Hall–Kier alpha value is -4.00. The maximum Gasteiger partial charge on any atom is 0.288 e. The molecule has 2 unspecified atom stereocenters. The third-order valence-electron chi connectivity index (χ3n) is 7.92. The fraction of sp³-hybridized carbons (Fsp3) is 0.300. The normalized spacial score (nSPS) is 24.5. The average molecular weight is 498 g/mol. The molecule has 0 aromatic heterocycles. The number of hydrogen-bond donors (Lipinski definition) is 1. The van der Waals surface area contributed by atoms with E-state index >= 15 is 0 Å². The van der Waals surface area contributed by atoms with Crippen molar-refractivity contribution in [1.29, 1.82) is 0 Å². The van der Waals surface area contributed by atoms with E-state index in [9.17, 15) is 14.0 Å². The highest BCUT2D eigenvalue weighted by atomic mass is 19.1. The van der Waals surface area contributed by atoms with E-state index < -0.39 is 11.5 Å². The van der Waals surface area contributed by atoms with Crippen LogP contribution in [0.3, 0.4) is 0 Å². The number of amides is 1. The van der Waals surface area contributed by atoms with Crippen LogP contribution in [0.25, 0.3) is 0 Å². The minimum Gasteiger partial charge on any atom is -0.457 e. The lowest BCUT2D eigenvalue weighted by Gasteiger charge is -2.39. The topological polar surface area (TPSA) is 85.0 Å². The Bertz CT molecular complexity index is 1400. The van der Waals surface area contributed by atoms with Crippen molar-refractivity contribution in [3.63, 3.8) is 0 Å². The number of halogens is 1. The fourth-order valence-corrected chi connectivity index (χ4v) is 6.08. The molecule has 3 aliphatic rings. The highest BCUT2D eigenvalue weighted by molar-refractivity contribution is 6.08. The van der Waals surface area contributed by atoms with Crippen LogP contribution in [-0.4, -0.2) is 41.3 Å². The maximum atomic E-state index is 13.7. The number of carbonyl (C=O) groups is 2. The zero-order valence-corrected chi connectivity index (χ0v) is 20.4. The van der Waals surface area contributed by atoms with Crippen molar-refractivity contribution in [2.45, 2.75) is 37.3 Å². The Morgan fingerprint density at radius 3 is 2.51 bits per heavy atom. The van der Waals surface area contributed by atoms with Crippen LogP contribution in [-0.2, 0) is 11.2 Å². The monoisotopic (exact) mass is 497 g/mol. The predicted octanol–water partition coefficient (Wildman–Crippen LogP) is 4.68. The molecule has 6 rings (SSSR count). The van der Waals surface area contributed by atoms with Crippen molar-refractivity contribution in [3.8, 4) is 0 Å². The summed E-state index contributed by atoms with van der Waals surface area (Å²) in [6, 6.07) is 22.1. The first kappa shape index (κ1) is 23.4. The minimum absolute atomic E-state index is 0.0700. The van der Waals surface area contributed by atoms with Gasteiger partial charge in [-0.05, 0) is 60.6 Å². The summed E-state index contributed by atoms with van der Waals surface area (Å²) in [7, 11) is 0. The van der Waals surface area contributed by atoms with Crippen LogP contribution in [0.5, 0.6) is 0 Å². The lowest BCUT2D eigenvalue weighted by molar-refractivity contribution is 0.0622. The van der Waals surface area contributed by atoms with E-state index in [1.807, 2.05) is 24.3 Å². The summed E-state index contributed by atoms with van der Waals surface area (Å²) in [5.74, 6) is -1.20. The number of aliphatic imine (C=N–C) groups is 1. The van der Waals surface area contributed by atoms with Crippen molar-refractivity contribution < 1.29 is 18.7 Å². The number of Topliss-reactive ketones (excluding diaryl/α,β-unsaturated/α-hetero) is 1. The predicted molar refractivity (Wildman–Crippen MR) is 138 cm³/mol. The molecule has 3 aromatic carbocycles. The second kappa shape index (κ2) is 9.14. The van der Waals surface area contributed by atoms with Gasteiger partial charge in [0.15, 0.2) is 5.78 Å². The van der Waals surface area contributed by atoms with Gasteiger partial charge in [0, 0.05) is 23.6 Å². The van der Waals surface area contributed by atoms with Gasteiger partial charge in [0.2, 0.25) is 5.91 Å². The van der Waals surface area contributed by atoms with E-state index in [-0.39, 0.29) is 29.1 Å². The maximum absolute atomic E-state index is 13.7. The van der Waals surface area contributed by atoms with Crippen molar-refractivity contribution in [2.24, 2.45) is 16.6 Å². The molecule has 37 heavy (non-hydrogen) atoms. The first-order chi connectivity index (χ1) is 17.9. The molecule has 1 amide bonds. The number of ether oxygens (including phenoxy) is 1. The van der Waals surface area contributed by atoms with Gasteiger partial charge in [0.1, 0.15) is 11.4 Å². The summed E-state index contributed by atoms with van der Waals surface area (Å²) < 4.78 is 20.3. The third-order valence-corrected chi connectivity index (χ3v) is 7.92. The SMILES string of the molecule is NC(=O)c1ccccc1C(=O)C1CCC2(CN=C(N3CCc4ccccc4[C@@H]3c3ccc(F)cc3)O2)C1. The molecule has 7 heteroatoms. The standard InChI is InChI=1S/C30H28FN3O3/c31-22-11-9-20(10-12-22)26-23-6-2-1-5-19(23)14-16-34(26)29-33-18-30(37-29)15-13-21(17-30)27(35)24-7-3-4-8-25(24)28(32)36/h1-12,21,26H,13-18H2,(H2,32,36)/t21?,26-,30?/m0/s1. The van der Waals surface area contributed by atoms with Crippen molar-refractivity contribution >= 4 is 17.7 Å². The number of rotatable bonds is 4. The molecule has 3 aromatic rings. The summed E-state index contributed by atoms with van der Waals surface area (Å²) in [5.41, 5.74) is 9.00. The van der Waals surface area contributed by atoms with Crippen molar-refractivity contribution in [2.75, 3.05) is 13.1 Å². The van der Waals surface area contributed by atoms with E-state index in [4.69, 9.17) is 15.5 Å². The molecule has 2 N–H and O–H groups in total. The Balaban J connectivity index is 1.24. The van der Waals surface area contributed by atoms with Gasteiger partial charge in [0.25, 0.3) is 6.02 Å². The summed E-state index contributed by atoms with van der Waals surface area (Å²) in [6.07, 6.45) is 2.77. The molecule has 6 nitrogen and oxygen atoms in total. The molecule has 0 radical (unpaired) electrons. The Kier molecular flexibility index (Phi) is 5.78. The smallest absolute Gasteiger partial charge is 0.288 e. The first-order valence-electron chi connectivity index (χ1n) is 12.7. The Morgan fingerprint density at radius 1 is 1.00 bits per heavy atom. The van der Waals surface area contributed by atoms with Crippen LogP contribution in [0.15, 0.2) is 77.8 Å². The lowest BCUT2D eigenvalue weighted by Crippen LogP contribution is -2.43. The summed E-state index contributed by atoms with van der Waals surface area (Å²) in [6.45, 7) is 1.21. The molecule has 2 heterocycles. The average Bonchev–Trinajstić information content (AvgIpc) is 3.54. The Labute approximate surface area is 215 Å². The molecule has 1 aliphatic carbocycles. The minimum atomic E-state index is -0.600. The van der Waals surface area contributed by atoms with Gasteiger partial charge in [0.05, 0.1) is 12.6 Å². The largest absolute Gasteiger partial charge is 0.457 e. The number of fused-ring (bicyclic) bond motifs is 1. The summed E-state index contributed by atoms with van der Waals surface area (Å²) in [4.78, 5) is 32.2. The van der Waals surface area contributed by atoms with E-state index in [0.717, 1.165) is 24.1 Å². The van der Waals surface area contributed by atoms with Gasteiger partial charge in [-0.15, -0.1) is 0 Å².